The zero-order chi connectivity index (χ0) is 13.0. The van der Waals surface area contributed by atoms with Crippen molar-refractivity contribution in [1.29, 1.82) is 0 Å². The number of nitrogens with zero attached hydrogens (tertiary/aromatic N) is 1. The largest absolute Gasteiger partial charge is 0.342 e. The second-order valence-electron chi connectivity index (χ2n) is 4.33. The minimum Gasteiger partial charge on any atom is -0.342 e. The number of alkyl halides is 1. The van der Waals surface area contributed by atoms with Crippen LogP contribution in [0.5, 0.6) is 0 Å². The SMILES string of the molecule is CCN(c1ccccc1)c1ccc(CCl)cc1C. The third-order valence-electron chi connectivity index (χ3n) is 3.09. The molecule has 18 heavy (non-hydrogen) atoms. The standard InChI is InChI=1S/C16H18ClN/c1-3-18(15-7-5-4-6-8-15)16-10-9-14(12-17)11-13(16)2/h4-11H,3,12H2,1-2H3. The fourth-order valence-electron chi connectivity index (χ4n) is 2.20. The molecule has 0 atom stereocenters. The lowest BCUT2D eigenvalue weighted by atomic mass is 10.1. The Kier molecular flexibility index (Phi) is 4.27. The van der Waals surface area contributed by atoms with Gasteiger partial charge in [0.1, 0.15) is 0 Å². The molecule has 94 valence electrons. The summed E-state index contributed by atoms with van der Waals surface area (Å²) in [6.07, 6.45) is 0. The minimum absolute atomic E-state index is 0.568. The maximum atomic E-state index is 5.87. The summed E-state index contributed by atoms with van der Waals surface area (Å²) in [5.41, 5.74) is 4.90. The molecule has 0 bridgehead atoms. The van der Waals surface area contributed by atoms with Gasteiger partial charge in [-0.1, -0.05) is 30.3 Å². The highest BCUT2D eigenvalue weighted by Gasteiger charge is 2.09. The molecular formula is C16H18ClN. The third kappa shape index (κ3) is 2.68. The number of hydrogen-bond donors (Lipinski definition) is 0. The highest BCUT2D eigenvalue weighted by atomic mass is 35.5. The highest BCUT2D eigenvalue weighted by Crippen LogP contribution is 2.28. The van der Waals surface area contributed by atoms with E-state index in [0.717, 1.165) is 6.54 Å². The lowest BCUT2D eigenvalue weighted by Crippen LogP contribution is -2.17. The molecule has 0 amide bonds. The van der Waals surface area contributed by atoms with Gasteiger partial charge in [0.25, 0.3) is 0 Å². The van der Waals surface area contributed by atoms with Gasteiger partial charge in [0.2, 0.25) is 0 Å². The second kappa shape index (κ2) is 5.92. The van der Waals surface area contributed by atoms with Crippen LogP contribution in [0.2, 0.25) is 0 Å². The summed E-state index contributed by atoms with van der Waals surface area (Å²) in [6.45, 7) is 5.25. The molecular weight excluding hydrogens is 242 g/mol. The maximum absolute atomic E-state index is 5.87. The average molecular weight is 260 g/mol. The summed E-state index contributed by atoms with van der Waals surface area (Å²) in [4.78, 5) is 2.31. The molecule has 0 radical (unpaired) electrons. The summed E-state index contributed by atoms with van der Waals surface area (Å²) < 4.78 is 0. The van der Waals surface area contributed by atoms with Crippen molar-refractivity contribution >= 4 is 23.0 Å². The van der Waals surface area contributed by atoms with E-state index in [0.29, 0.717) is 5.88 Å². The molecule has 0 aliphatic heterocycles. The topological polar surface area (TPSA) is 3.24 Å². The Morgan fingerprint density at radius 1 is 1.06 bits per heavy atom. The summed E-state index contributed by atoms with van der Waals surface area (Å²) >= 11 is 5.87. The van der Waals surface area contributed by atoms with Gasteiger partial charge >= 0.3 is 0 Å². The number of hydrogen-bond acceptors (Lipinski definition) is 1. The Labute approximate surface area is 114 Å². The van der Waals surface area contributed by atoms with Crippen LogP contribution in [0.4, 0.5) is 11.4 Å². The van der Waals surface area contributed by atoms with Crippen LogP contribution in [0.1, 0.15) is 18.1 Å². The van der Waals surface area contributed by atoms with Crippen LogP contribution in [-0.2, 0) is 5.88 Å². The van der Waals surface area contributed by atoms with E-state index in [1.54, 1.807) is 0 Å². The van der Waals surface area contributed by atoms with E-state index in [2.05, 4.69) is 61.2 Å². The number of anilines is 2. The van der Waals surface area contributed by atoms with Crippen LogP contribution in [0, 0.1) is 6.92 Å². The van der Waals surface area contributed by atoms with Gasteiger partial charge in [0.15, 0.2) is 0 Å². The molecule has 0 saturated heterocycles. The first kappa shape index (κ1) is 13.0. The monoisotopic (exact) mass is 259 g/mol. The first-order valence-corrected chi connectivity index (χ1v) is 6.77. The highest BCUT2D eigenvalue weighted by molar-refractivity contribution is 6.17. The van der Waals surface area contributed by atoms with E-state index in [9.17, 15) is 0 Å². The van der Waals surface area contributed by atoms with Crippen molar-refractivity contribution in [3.05, 3.63) is 59.7 Å². The van der Waals surface area contributed by atoms with Crippen molar-refractivity contribution in [1.82, 2.24) is 0 Å². The van der Waals surface area contributed by atoms with Gasteiger partial charge in [-0.25, -0.2) is 0 Å². The zero-order valence-electron chi connectivity index (χ0n) is 10.9. The van der Waals surface area contributed by atoms with Crippen LogP contribution < -0.4 is 4.90 Å². The van der Waals surface area contributed by atoms with Crippen molar-refractivity contribution in [3.8, 4) is 0 Å². The molecule has 0 saturated carbocycles. The van der Waals surface area contributed by atoms with Gasteiger partial charge in [0.05, 0.1) is 0 Å². The minimum atomic E-state index is 0.568. The molecule has 0 heterocycles. The zero-order valence-corrected chi connectivity index (χ0v) is 11.6. The first-order valence-electron chi connectivity index (χ1n) is 6.24. The van der Waals surface area contributed by atoms with Gasteiger partial charge in [-0.05, 0) is 43.2 Å². The Hall–Kier alpha value is -1.47. The first-order chi connectivity index (χ1) is 8.76. The summed E-state index contributed by atoms with van der Waals surface area (Å²) in [7, 11) is 0. The molecule has 0 aromatic heterocycles. The van der Waals surface area contributed by atoms with Crippen molar-refractivity contribution < 1.29 is 0 Å². The van der Waals surface area contributed by atoms with E-state index < -0.39 is 0 Å². The normalized spacial score (nSPS) is 10.4. The summed E-state index contributed by atoms with van der Waals surface area (Å²) in [6, 6.07) is 16.9. The van der Waals surface area contributed by atoms with Gasteiger partial charge < -0.3 is 4.90 Å². The Balaban J connectivity index is 2.39. The van der Waals surface area contributed by atoms with Gasteiger partial charge in [0, 0.05) is 23.8 Å². The molecule has 0 N–H and O–H groups in total. The molecule has 0 aliphatic carbocycles. The predicted molar refractivity (Wildman–Crippen MR) is 79.9 cm³/mol. The third-order valence-corrected chi connectivity index (χ3v) is 3.40. The van der Waals surface area contributed by atoms with Crippen molar-refractivity contribution in [3.63, 3.8) is 0 Å². The van der Waals surface area contributed by atoms with Crippen LogP contribution in [-0.4, -0.2) is 6.54 Å². The van der Waals surface area contributed by atoms with Crippen molar-refractivity contribution in [2.75, 3.05) is 11.4 Å². The lowest BCUT2D eigenvalue weighted by molar-refractivity contribution is 1.01. The molecule has 2 heteroatoms. The average Bonchev–Trinajstić information content (AvgIpc) is 2.42. The second-order valence-corrected chi connectivity index (χ2v) is 4.60. The number of benzene rings is 2. The van der Waals surface area contributed by atoms with Crippen molar-refractivity contribution in [2.45, 2.75) is 19.7 Å². The van der Waals surface area contributed by atoms with Crippen LogP contribution >= 0.6 is 11.6 Å². The molecule has 0 unspecified atom stereocenters. The number of para-hydroxylation sites is 1. The quantitative estimate of drug-likeness (QED) is 0.707. The van der Waals surface area contributed by atoms with E-state index in [-0.39, 0.29) is 0 Å². The Morgan fingerprint density at radius 2 is 1.78 bits per heavy atom. The molecule has 0 aliphatic rings. The fourth-order valence-corrected chi connectivity index (χ4v) is 2.37. The lowest BCUT2D eigenvalue weighted by Gasteiger charge is -2.25. The van der Waals surface area contributed by atoms with Gasteiger partial charge in [-0.2, -0.15) is 0 Å². The van der Waals surface area contributed by atoms with Crippen LogP contribution in [0.25, 0.3) is 0 Å². The number of rotatable bonds is 4. The molecule has 2 rings (SSSR count). The number of halogens is 1. The van der Waals surface area contributed by atoms with E-state index in [1.165, 1.54) is 22.5 Å². The fraction of sp³-hybridized carbons (Fsp3) is 0.250. The molecule has 0 spiro atoms. The summed E-state index contributed by atoms with van der Waals surface area (Å²) in [5.74, 6) is 0.568. The predicted octanol–water partition coefficient (Wildman–Crippen LogP) is 4.89. The molecule has 2 aromatic rings. The Morgan fingerprint density at radius 3 is 2.33 bits per heavy atom. The number of aryl methyl sites for hydroxylation is 1. The molecule has 0 fully saturated rings. The summed E-state index contributed by atoms with van der Waals surface area (Å²) in [5, 5.41) is 0. The van der Waals surface area contributed by atoms with Crippen LogP contribution in [0.3, 0.4) is 0 Å². The Bertz CT molecular complexity index is 508. The van der Waals surface area contributed by atoms with E-state index in [4.69, 9.17) is 11.6 Å². The van der Waals surface area contributed by atoms with Crippen LogP contribution in [0.15, 0.2) is 48.5 Å². The van der Waals surface area contributed by atoms with Gasteiger partial charge in [-0.15, -0.1) is 11.6 Å². The smallest absolute Gasteiger partial charge is 0.0474 e. The molecule has 2 aromatic carbocycles. The van der Waals surface area contributed by atoms with E-state index in [1.807, 2.05) is 6.07 Å². The maximum Gasteiger partial charge on any atom is 0.0474 e. The van der Waals surface area contributed by atoms with Gasteiger partial charge in [-0.3, -0.25) is 0 Å². The van der Waals surface area contributed by atoms with E-state index >= 15 is 0 Å². The molecule has 1 nitrogen and oxygen atoms in total. The van der Waals surface area contributed by atoms with Crippen molar-refractivity contribution in [2.24, 2.45) is 0 Å².